The van der Waals surface area contributed by atoms with E-state index in [2.05, 4.69) is 42.0 Å². The molecule has 1 heterocycles. The van der Waals surface area contributed by atoms with Gasteiger partial charge >= 0.3 is 12.1 Å². The molecule has 0 radical (unpaired) electrons. The third kappa shape index (κ3) is 7.52. The minimum atomic E-state index is -1.83. The second-order valence-corrected chi connectivity index (χ2v) is 7.54. The van der Waals surface area contributed by atoms with E-state index >= 15 is 0 Å². The van der Waals surface area contributed by atoms with E-state index in [-0.39, 0.29) is 25.0 Å². The van der Waals surface area contributed by atoms with Crippen LogP contribution in [0.15, 0.2) is 61.2 Å². The maximum atomic E-state index is 13.0. The molecular weight excluding hydrogens is 479 g/mol. The highest BCUT2D eigenvalue weighted by Gasteiger charge is 2.24. The summed E-state index contributed by atoms with van der Waals surface area (Å²) in [5, 5.41) is 16.4. The van der Waals surface area contributed by atoms with Gasteiger partial charge in [-0.3, -0.25) is 0 Å². The van der Waals surface area contributed by atoms with E-state index in [9.17, 15) is 4.79 Å². The first-order valence-corrected chi connectivity index (χ1v) is 11.0. The van der Waals surface area contributed by atoms with Crippen molar-refractivity contribution in [1.82, 2.24) is 9.47 Å². The summed E-state index contributed by atoms with van der Waals surface area (Å²) in [6, 6.07) is 15.8. The molecule has 0 saturated heterocycles. The van der Waals surface area contributed by atoms with Crippen molar-refractivity contribution in [2.45, 2.75) is 20.4 Å². The fourth-order valence-electron chi connectivity index (χ4n) is 3.66. The molecule has 0 amide bonds. The van der Waals surface area contributed by atoms with E-state index < -0.39 is 6.16 Å². The van der Waals surface area contributed by atoms with Crippen molar-refractivity contribution in [3.8, 4) is 11.3 Å². The van der Waals surface area contributed by atoms with E-state index in [0.29, 0.717) is 17.3 Å². The second kappa shape index (κ2) is 14.3. The van der Waals surface area contributed by atoms with Gasteiger partial charge in [0.25, 0.3) is 0 Å². The van der Waals surface area contributed by atoms with E-state index in [1.165, 1.54) is 0 Å². The van der Waals surface area contributed by atoms with Gasteiger partial charge < -0.3 is 24.4 Å². The maximum absolute atomic E-state index is 13.0. The van der Waals surface area contributed by atoms with Crippen LogP contribution in [0.2, 0.25) is 5.02 Å². The highest BCUT2D eigenvalue weighted by atomic mass is 35.5. The first-order chi connectivity index (χ1) is 15.8. The molecular formula is C25H30Cl2N2O5. The zero-order valence-corrected chi connectivity index (χ0v) is 20.8. The summed E-state index contributed by atoms with van der Waals surface area (Å²) >= 11 is 6.33. The molecule has 7 nitrogen and oxygen atoms in total. The van der Waals surface area contributed by atoms with Gasteiger partial charge in [-0.1, -0.05) is 74.5 Å². The standard InChI is InChI=1S/C24H27ClN2O2.CH2O3.ClH/c1-4-16-29-24(28)23-20-13-12-19(25)17-21(20)22(18-10-8-7-9-11-18)27(23)15-14-26(5-2)6-3;2-1(3)4;/h4,7-13,17H,1,5-6,14-16H2,2-3H3;(H2,2,3,4);1H. The molecule has 0 aliphatic rings. The summed E-state index contributed by atoms with van der Waals surface area (Å²) in [4.78, 5) is 23.9. The third-order valence-corrected chi connectivity index (χ3v) is 5.37. The Balaban J connectivity index is 0.00000107. The van der Waals surface area contributed by atoms with Crippen LogP contribution in [0, 0.1) is 0 Å². The van der Waals surface area contributed by atoms with Crippen LogP contribution in [0.5, 0.6) is 0 Å². The van der Waals surface area contributed by atoms with Gasteiger partial charge in [0, 0.05) is 28.9 Å². The lowest BCUT2D eigenvalue weighted by Gasteiger charge is -2.20. The topological polar surface area (TPSA) is 92.0 Å². The van der Waals surface area contributed by atoms with Crippen LogP contribution in [-0.4, -0.2) is 58.0 Å². The summed E-state index contributed by atoms with van der Waals surface area (Å²) in [5.41, 5.74) is 2.59. The summed E-state index contributed by atoms with van der Waals surface area (Å²) in [6.07, 6.45) is -0.252. The third-order valence-electron chi connectivity index (χ3n) is 5.14. The molecule has 184 valence electrons. The van der Waals surface area contributed by atoms with Gasteiger partial charge in [0.05, 0.1) is 5.69 Å². The van der Waals surface area contributed by atoms with Crippen LogP contribution >= 0.6 is 24.0 Å². The lowest BCUT2D eigenvalue weighted by atomic mass is 10.1. The number of hydrogen-bond donors (Lipinski definition) is 2. The van der Waals surface area contributed by atoms with Gasteiger partial charge in [0.15, 0.2) is 0 Å². The SMILES string of the molecule is C=CCOC(=O)c1c2ccc(Cl)cc2c(-c2ccccc2)n1CCN(CC)CC.Cl.O=C(O)O. The molecule has 3 rings (SSSR count). The number of benzene rings is 2. The molecule has 0 saturated carbocycles. The van der Waals surface area contributed by atoms with Gasteiger partial charge in [-0.15, -0.1) is 12.4 Å². The van der Waals surface area contributed by atoms with Crippen molar-refractivity contribution in [3.05, 3.63) is 71.9 Å². The van der Waals surface area contributed by atoms with Crippen LogP contribution < -0.4 is 0 Å². The molecule has 2 N–H and O–H groups in total. The average Bonchev–Trinajstić information content (AvgIpc) is 3.11. The van der Waals surface area contributed by atoms with Gasteiger partial charge in [-0.05, 0) is 30.8 Å². The number of nitrogens with zero attached hydrogens (tertiary/aromatic N) is 2. The van der Waals surface area contributed by atoms with Gasteiger partial charge in [0.2, 0.25) is 0 Å². The predicted molar refractivity (Wildman–Crippen MR) is 139 cm³/mol. The Morgan fingerprint density at radius 2 is 1.71 bits per heavy atom. The zero-order valence-electron chi connectivity index (χ0n) is 19.2. The minimum Gasteiger partial charge on any atom is -0.457 e. The first-order valence-electron chi connectivity index (χ1n) is 10.6. The molecule has 34 heavy (non-hydrogen) atoms. The molecule has 2 aromatic carbocycles. The molecule has 9 heteroatoms. The number of hydrogen-bond acceptors (Lipinski definition) is 4. The normalized spacial score (nSPS) is 10.2. The van der Waals surface area contributed by atoms with Crippen molar-refractivity contribution in [2.75, 3.05) is 26.2 Å². The number of rotatable bonds is 9. The number of esters is 1. The van der Waals surface area contributed by atoms with Crippen LogP contribution in [0.25, 0.3) is 22.0 Å². The number of fused-ring (bicyclic) bond motifs is 1. The Labute approximate surface area is 210 Å². The molecule has 0 atom stereocenters. The van der Waals surface area contributed by atoms with E-state index in [0.717, 1.165) is 41.7 Å². The highest BCUT2D eigenvalue weighted by Crippen LogP contribution is 2.36. The summed E-state index contributed by atoms with van der Waals surface area (Å²) in [7, 11) is 0. The smallest absolute Gasteiger partial charge is 0.457 e. The Bertz CT molecular complexity index is 1090. The summed E-state index contributed by atoms with van der Waals surface area (Å²) in [5.74, 6) is -0.348. The molecule has 1 aromatic heterocycles. The monoisotopic (exact) mass is 508 g/mol. The molecule has 0 spiro atoms. The summed E-state index contributed by atoms with van der Waals surface area (Å²) < 4.78 is 7.52. The lowest BCUT2D eigenvalue weighted by molar-refractivity contribution is 0.0539. The van der Waals surface area contributed by atoms with Crippen molar-refractivity contribution >= 4 is 46.9 Å². The Morgan fingerprint density at radius 1 is 1.09 bits per heavy atom. The first kappa shape index (κ1) is 29.0. The number of aromatic nitrogens is 1. The number of likely N-dealkylation sites (N-methyl/N-ethyl adjacent to an activating group) is 1. The molecule has 0 aliphatic heterocycles. The van der Waals surface area contributed by atoms with Crippen LogP contribution in [0.3, 0.4) is 0 Å². The van der Waals surface area contributed by atoms with E-state index in [4.69, 9.17) is 31.3 Å². The molecule has 0 fully saturated rings. The van der Waals surface area contributed by atoms with Gasteiger partial charge in [-0.25, -0.2) is 9.59 Å². The van der Waals surface area contributed by atoms with E-state index in [1.807, 2.05) is 36.4 Å². The highest BCUT2D eigenvalue weighted by molar-refractivity contribution is 6.31. The Morgan fingerprint density at radius 3 is 2.26 bits per heavy atom. The fourth-order valence-corrected chi connectivity index (χ4v) is 3.83. The molecule has 3 aromatic rings. The summed E-state index contributed by atoms with van der Waals surface area (Å²) in [6.45, 7) is 11.5. The van der Waals surface area contributed by atoms with Gasteiger partial charge in [0.1, 0.15) is 12.3 Å². The number of carbonyl (C=O) groups excluding carboxylic acids is 1. The van der Waals surface area contributed by atoms with Crippen molar-refractivity contribution in [1.29, 1.82) is 0 Å². The maximum Gasteiger partial charge on any atom is 0.503 e. The predicted octanol–water partition coefficient (Wildman–Crippen LogP) is 6.29. The molecule has 0 unspecified atom stereocenters. The Kier molecular flexibility index (Phi) is 12.2. The average molecular weight is 509 g/mol. The number of ether oxygens (including phenoxy) is 1. The number of carbonyl (C=O) groups is 2. The quantitative estimate of drug-likeness (QED) is 0.260. The van der Waals surface area contributed by atoms with Crippen LogP contribution in [0.4, 0.5) is 4.79 Å². The molecule has 0 bridgehead atoms. The number of carboxylic acid groups (broad SMARTS) is 2. The van der Waals surface area contributed by atoms with Gasteiger partial charge in [-0.2, -0.15) is 0 Å². The van der Waals surface area contributed by atoms with E-state index in [1.54, 1.807) is 6.08 Å². The Hall–Kier alpha value is -3.00. The van der Waals surface area contributed by atoms with Crippen LogP contribution in [0.1, 0.15) is 24.3 Å². The van der Waals surface area contributed by atoms with Crippen molar-refractivity contribution in [3.63, 3.8) is 0 Å². The zero-order chi connectivity index (χ0) is 24.4. The second-order valence-electron chi connectivity index (χ2n) is 7.10. The van der Waals surface area contributed by atoms with Crippen LogP contribution in [-0.2, 0) is 11.3 Å². The minimum absolute atomic E-state index is 0. The number of halogens is 2. The lowest BCUT2D eigenvalue weighted by Crippen LogP contribution is -2.28. The van der Waals surface area contributed by atoms with Crippen molar-refractivity contribution < 1.29 is 24.5 Å². The van der Waals surface area contributed by atoms with Crippen molar-refractivity contribution in [2.24, 2.45) is 0 Å². The fraction of sp³-hybridized carbons (Fsp3) is 0.280. The largest absolute Gasteiger partial charge is 0.503 e. The molecule has 0 aliphatic carbocycles.